The van der Waals surface area contributed by atoms with Crippen molar-refractivity contribution >= 4 is 67.5 Å². The van der Waals surface area contributed by atoms with E-state index in [0.717, 1.165) is 71.2 Å². The first-order valence-corrected chi connectivity index (χ1v) is 26.1. The maximum absolute atomic E-state index is 2.47. The van der Waals surface area contributed by atoms with E-state index in [2.05, 4.69) is 288 Å². The SMILES string of the molecule is CN(c1ccccc1)c1ccc(-c2ccc(N(c3ccccc3)c3ccc(N(C4=CC=C(c5ccc(N(C6=CCCC=C6)c6ccccc6)cc5)CC4)c4ccccc4)c4ccccc34)cc2)cc1.c1ccccc1. The molecule has 0 bridgehead atoms. The second-order valence-corrected chi connectivity index (χ2v) is 18.8. The molecule has 2 aliphatic carbocycles. The normalized spacial score (nSPS) is 12.8. The molecular formula is C71H60N4. The largest absolute Gasteiger partial charge is 0.345 e. The van der Waals surface area contributed by atoms with Crippen LogP contribution in [0.5, 0.6) is 0 Å². The first kappa shape index (κ1) is 47.9. The maximum atomic E-state index is 2.47. The Bertz CT molecular complexity index is 3540. The van der Waals surface area contributed by atoms with Crippen LogP contribution in [-0.4, -0.2) is 7.05 Å². The van der Waals surface area contributed by atoms with Crippen LogP contribution in [-0.2, 0) is 0 Å². The summed E-state index contributed by atoms with van der Waals surface area (Å²) in [7, 11) is 2.11. The standard InChI is InChI=1S/C65H54N4.C6H6/c1-66(53-19-7-2-8-20-53)54-39-31-49(32-40-54)51-35-43-60(44-36-51)68(57-25-13-5-14-26-57)64-47-48-65(63-30-18-17-29-62(63)64)69(58-27-15-6-16-28-58)61-45-37-52(38-46-61)50-33-41-59(42-34-50)67(55-21-9-3-10-22-55)56-23-11-4-12-24-56;1-2-4-6-5-3-1/h2-3,5-11,13-37,39-45,47-48H,4,12,38,46H2,1H3;1-6H. The van der Waals surface area contributed by atoms with E-state index in [4.69, 9.17) is 0 Å². The van der Waals surface area contributed by atoms with Crippen LogP contribution in [0.15, 0.2) is 309 Å². The lowest BCUT2D eigenvalue weighted by Gasteiger charge is -2.33. The second kappa shape index (κ2) is 23.0. The van der Waals surface area contributed by atoms with Crippen LogP contribution in [0.25, 0.3) is 27.5 Å². The van der Waals surface area contributed by atoms with Crippen LogP contribution in [0, 0.1) is 0 Å². The Labute approximate surface area is 443 Å². The average molecular weight is 969 g/mol. The summed E-state index contributed by atoms with van der Waals surface area (Å²) in [4.78, 5) is 9.44. The van der Waals surface area contributed by atoms with Gasteiger partial charge in [0.05, 0.1) is 11.4 Å². The molecule has 0 fully saturated rings. The fraction of sp³-hybridized carbons (Fsp3) is 0.0704. The van der Waals surface area contributed by atoms with E-state index in [0.29, 0.717) is 0 Å². The number of fused-ring (bicyclic) bond motifs is 1. The number of nitrogens with zero attached hydrogens (tertiary/aromatic N) is 4. The predicted octanol–water partition coefficient (Wildman–Crippen LogP) is 19.7. The first-order chi connectivity index (χ1) is 37.2. The van der Waals surface area contributed by atoms with Crippen LogP contribution in [0.2, 0.25) is 0 Å². The molecule has 0 saturated heterocycles. The third-order valence-corrected chi connectivity index (χ3v) is 14.1. The second-order valence-electron chi connectivity index (χ2n) is 18.8. The Morgan fingerprint density at radius 2 is 0.693 bits per heavy atom. The summed E-state index contributed by atoms with van der Waals surface area (Å²) in [5, 5.41) is 2.37. The van der Waals surface area contributed by atoms with Gasteiger partial charge in [-0.2, -0.15) is 0 Å². The van der Waals surface area contributed by atoms with E-state index < -0.39 is 0 Å². The Kier molecular flexibility index (Phi) is 14.7. The molecule has 0 spiro atoms. The lowest BCUT2D eigenvalue weighted by Crippen LogP contribution is -2.19. The van der Waals surface area contributed by atoms with Crippen molar-refractivity contribution in [2.45, 2.75) is 25.7 Å². The number of hydrogen-bond acceptors (Lipinski definition) is 4. The lowest BCUT2D eigenvalue weighted by atomic mass is 9.94. The van der Waals surface area contributed by atoms with Crippen LogP contribution in [0.3, 0.4) is 0 Å². The summed E-state index contributed by atoms with van der Waals surface area (Å²) in [5.74, 6) is 0. The number of allylic oxidation sites excluding steroid dienone is 7. The van der Waals surface area contributed by atoms with Crippen molar-refractivity contribution in [3.63, 3.8) is 0 Å². The van der Waals surface area contributed by atoms with Crippen LogP contribution >= 0.6 is 0 Å². The average Bonchev–Trinajstić information content (AvgIpc) is 3.50. The van der Waals surface area contributed by atoms with Gasteiger partial charge in [-0.3, -0.25) is 0 Å². The van der Waals surface area contributed by atoms with Crippen molar-refractivity contribution in [1.82, 2.24) is 0 Å². The van der Waals surface area contributed by atoms with Gasteiger partial charge in [-0.05, 0) is 157 Å². The zero-order valence-electron chi connectivity index (χ0n) is 42.4. The molecule has 0 N–H and O–H groups in total. The van der Waals surface area contributed by atoms with Gasteiger partial charge in [0, 0.05) is 69.0 Å². The molecule has 0 saturated carbocycles. The molecule has 364 valence electrons. The Morgan fingerprint density at radius 1 is 0.307 bits per heavy atom. The van der Waals surface area contributed by atoms with Gasteiger partial charge in [-0.15, -0.1) is 0 Å². The van der Waals surface area contributed by atoms with E-state index in [1.807, 2.05) is 36.4 Å². The molecule has 10 aromatic carbocycles. The summed E-state index contributed by atoms with van der Waals surface area (Å²) in [6, 6.07) is 95.2. The first-order valence-electron chi connectivity index (χ1n) is 26.1. The molecule has 4 heteroatoms. The zero-order chi connectivity index (χ0) is 50.6. The molecule has 2 aliphatic rings. The van der Waals surface area contributed by atoms with Crippen LogP contribution in [0.4, 0.5) is 51.2 Å². The van der Waals surface area contributed by atoms with Gasteiger partial charge >= 0.3 is 0 Å². The van der Waals surface area contributed by atoms with Gasteiger partial charge in [0.25, 0.3) is 0 Å². The molecule has 10 aromatic rings. The van der Waals surface area contributed by atoms with Crippen LogP contribution < -0.4 is 19.6 Å². The monoisotopic (exact) mass is 968 g/mol. The highest BCUT2D eigenvalue weighted by atomic mass is 15.2. The molecule has 0 amide bonds. The van der Waals surface area contributed by atoms with Gasteiger partial charge in [-0.25, -0.2) is 0 Å². The third kappa shape index (κ3) is 10.9. The summed E-state index contributed by atoms with van der Waals surface area (Å²) in [5.41, 5.74) is 17.7. The Hall–Kier alpha value is -9.38. The minimum atomic E-state index is 0.904. The number of hydrogen-bond donors (Lipinski definition) is 0. The fourth-order valence-corrected chi connectivity index (χ4v) is 10.2. The van der Waals surface area contributed by atoms with Gasteiger partial charge in [0.15, 0.2) is 0 Å². The van der Waals surface area contributed by atoms with Crippen molar-refractivity contribution in [3.05, 3.63) is 314 Å². The van der Waals surface area contributed by atoms with E-state index in [9.17, 15) is 0 Å². The minimum Gasteiger partial charge on any atom is -0.345 e. The number of para-hydroxylation sites is 4. The number of rotatable bonds is 13. The molecule has 0 radical (unpaired) electrons. The number of anilines is 9. The Morgan fingerprint density at radius 3 is 1.17 bits per heavy atom. The van der Waals surface area contributed by atoms with Crippen LogP contribution in [0.1, 0.15) is 31.2 Å². The van der Waals surface area contributed by atoms with E-state index in [1.165, 1.54) is 50.1 Å². The topological polar surface area (TPSA) is 13.0 Å². The van der Waals surface area contributed by atoms with Crippen molar-refractivity contribution in [2.24, 2.45) is 0 Å². The summed E-state index contributed by atoms with van der Waals surface area (Å²) < 4.78 is 0. The molecule has 0 heterocycles. The molecular weight excluding hydrogens is 909 g/mol. The van der Waals surface area contributed by atoms with E-state index in [1.54, 1.807) is 0 Å². The predicted molar refractivity (Wildman–Crippen MR) is 320 cm³/mol. The molecule has 12 rings (SSSR count). The molecule has 4 nitrogen and oxygen atoms in total. The summed E-state index contributed by atoms with van der Waals surface area (Å²) >= 11 is 0. The van der Waals surface area contributed by atoms with E-state index in [-0.39, 0.29) is 0 Å². The highest BCUT2D eigenvalue weighted by Gasteiger charge is 2.23. The smallest absolute Gasteiger partial charge is 0.0541 e. The highest BCUT2D eigenvalue weighted by Crippen LogP contribution is 2.46. The van der Waals surface area contributed by atoms with Crippen molar-refractivity contribution < 1.29 is 0 Å². The molecule has 0 aliphatic heterocycles. The number of benzene rings is 10. The summed E-state index contributed by atoms with van der Waals surface area (Å²) in [6.07, 6.45) is 15.5. The minimum absolute atomic E-state index is 0.904. The quantitative estimate of drug-likeness (QED) is 0.114. The van der Waals surface area contributed by atoms with Gasteiger partial charge < -0.3 is 19.6 Å². The van der Waals surface area contributed by atoms with Gasteiger partial charge in [0.2, 0.25) is 0 Å². The van der Waals surface area contributed by atoms with Crippen molar-refractivity contribution in [2.75, 3.05) is 26.6 Å². The van der Waals surface area contributed by atoms with Gasteiger partial charge in [-0.1, -0.05) is 188 Å². The fourth-order valence-electron chi connectivity index (χ4n) is 10.2. The lowest BCUT2D eigenvalue weighted by molar-refractivity contribution is 0.931. The molecule has 0 atom stereocenters. The Balaban J connectivity index is 0.000000939. The molecule has 0 aromatic heterocycles. The third-order valence-electron chi connectivity index (χ3n) is 14.1. The van der Waals surface area contributed by atoms with Crippen molar-refractivity contribution in [1.29, 1.82) is 0 Å². The maximum Gasteiger partial charge on any atom is 0.0541 e. The zero-order valence-corrected chi connectivity index (χ0v) is 42.4. The molecule has 75 heavy (non-hydrogen) atoms. The summed E-state index contributed by atoms with van der Waals surface area (Å²) in [6.45, 7) is 0. The molecule has 0 unspecified atom stereocenters. The van der Waals surface area contributed by atoms with Crippen molar-refractivity contribution in [3.8, 4) is 11.1 Å². The highest BCUT2D eigenvalue weighted by molar-refractivity contribution is 6.06. The van der Waals surface area contributed by atoms with Gasteiger partial charge in [0.1, 0.15) is 0 Å². The van der Waals surface area contributed by atoms with E-state index >= 15 is 0 Å².